The van der Waals surface area contributed by atoms with Gasteiger partial charge in [0, 0.05) is 44.6 Å². The summed E-state index contributed by atoms with van der Waals surface area (Å²) in [5.74, 6) is 0.682. The van der Waals surface area contributed by atoms with Crippen LogP contribution in [0.15, 0.2) is 43.0 Å². The third kappa shape index (κ3) is 3.35. The van der Waals surface area contributed by atoms with Gasteiger partial charge in [0.2, 0.25) is 5.91 Å². The van der Waals surface area contributed by atoms with Crippen LogP contribution in [0.3, 0.4) is 0 Å². The molecule has 1 amide bonds. The lowest BCUT2D eigenvalue weighted by Gasteiger charge is -2.36. The highest BCUT2D eigenvalue weighted by molar-refractivity contribution is 5.79. The number of nitrogens with zero attached hydrogens (tertiary/aromatic N) is 2. The lowest BCUT2D eigenvalue weighted by atomic mass is 10.0. The predicted octanol–water partition coefficient (Wildman–Crippen LogP) is 2.69. The molecule has 0 spiro atoms. The number of benzene rings is 1. The van der Waals surface area contributed by atoms with Crippen LogP contribution < -0.4 is 0 Å². The number of amides is 1. The van der Waals surface area contributed by atoms with Crippen molar-refractivity contribution in [2.24, 2.45) is 5.92 Å². The van der Waals surface area contributed by atoms with Crippen LogP contribution >= 0.6 is 0 Å². The Balaban J connectivity index is 1.51. The highest BCUT2D eigenvalue weighted by atomic mass is 16.2. The summed E-state index contributed by atoms with van der Waals surface area (Å²) in [5, 5.41) is 0. The van der Waals surface area contributed by atoms with Gasteiger partial charge in [-0.1, -0.05) is 36.4 Å². The third-order valence-corrected chi connectivity index (χ3v) is 4.77. The molecular formula is C18H24N2O. The van der Waals surface area contributed by atoms with Gasteiger partial charge in [-0.2, -0.15) is 0 Å². The molecule has 3 rings (SSSR count). The van der Waals surface area contributed by atoms with Crippen molar-refractivity contribution in [3.63, 3.8) is 0 Å². The fraction of sp³-hybridized carbons (Fsp3) is 0.500. The molecule has 1 aromatic rings. The number of rotatable bonds is 4. The molecular weight excluding hydrogens is 260 g/mol. The van der Waals surface area contributed by atoms with Gasteiger partial charge >= 0.3 is 0 Å². The zero-order valence-corrected chi connectivity index (χ0v) is 12.6. The molecule has 0 bridgehead atoms. The molecule has 2 heterocycles. The molecule has 2 aliphatic heterocycles. The second kappa shape index (κ2) is 6.44. The molecule has 0 aliphatic carbocycles. The lowest BCUT2D eigenvalue weighted by Crippen LogP contribution is -2.45. The smallest absolute Gasteiger partial charge is 0.223 e. The van der Waals surface area contributed by atoms with Crippen LogP contribution in [-0.2, 0) is 11.3 Å². The minimum absolute atomic E-state index is 0.321. The fourth-order valence-corrected chi connectivity index (χ4v) is 3.50. The van der Waals surface area contributed by atoms with Crippen molar-refractivity contribution in [2.45, 2.75) is 31.8 Å². The Bertz CT molecular complexity index is 491. The number of likely N-dealkylation sites (tertiary alicyclic amines) is 2. The fourth-order valence-electron chi connectivity index (χ4n) is 3.50. The molecule has 21 heavy (non-hydrogen) atoms. The molecule has 1 aromatic carbocycles. The van der Waals surface area contributed by atoms with Gasteiger partial charge in [0.1, 0.15) is 0 Å². The van der Waals surface area contributed by atoms with Gasteiger partial charge in [0.25, 0.3) is 0 Å². The van der Waals surface area contributed by atoms with E-state index in [0.717, 1.165) is 39.0 Å². The Morgan fingerprint density at radius 2 is 1.90 bits per heavy atom. The maximum atomic E-state index is 12.1. The Labute approximate surface area is 127 Å². The molecule has 112 valence electrons. The number of carbonyl (C=O) groups excluding carboxylic acids is 1. The quantitative estimate of drug-likeness (QED) is 0.794. The highest BCUT2D eigenvalue weighted by Crippen LogP contribution is 2.26. The van der Waals surface area contributed by atoms with E-state index in [2.05, 4.69) is 46.7 Å². The average molecular weight is 284 g/mol. The molecule has 3 nitrogen and oxygen atoms in total. The first kappa shape index (κ1) is 14.3. The molecule has 2 fully saturated rings. The summed E-state index contributed by atoms with van der Waals surface area (Å²) in [7, 11) is 0. The topological polar surface area (TPSA) is 23.6 Å². The van der Waals surface area contributed by atoms with Crippen molar-refractivity contribution in [1.29, 1.82) is 0 Å². The van der Waals surface area contributed by atoms with Gasteiger partial charge in [-0.05, 0) is 18.4 Å². The van der Waals surface area contributed by atoms with Crippen LogP contribution in [0.4, 0.5) is 0 Å². The predicted molar refractivity (Wildman–Crippen MR) is 84.8 cm³/mol. The Morgan fingerprint density at radius 3 is 2.52 bits per heavy atom. The zero-order valence-electron chi connectivity index (χ0n) is 12.6. The minimum Gasteiger partial charge on any atom is -0.339 e. The van der Waals surface area contributed by atoms with E-state index >= 15 is 0 Å². The van der Waals surface area contributed by atoms with E-state index < -0.39 is 0 Å². The second-order valence-electron chi connectivity index (χ2n) is 6.24. The van der Waals surface area contributed by atoms with Crippen LogP contribution in [0.25, 0.3) is 0 Å². The van der Waals surface area contributed by atoms with Gasteiger partial charge in [-0.15, -0.1) is 6.58 Å². The Morgan fingerprint density at radius 1 is 1.19 bits per heavy atom. The van der Waals surface area contributed by atoms with Crippen molar-refractivity contribution in [1.82, 2.24) is 9.80 Å². The standard InChI is InChI=1S/C18H24N2O/c1-2-15-12-18(21)20(14-15)17-8-10-19(11-9-17)13-16-6-4-3-5-7-16/h2-7,15,17H,1,8-14H2. The van der Waals surface area contributed by atoms with Gasteiger partial charge < -0.3 is 4.90 Å². The van der Waals surface area contributed by atoms with Gasteiger partial charge in [-0.25, -0.2) is 0 Å². The van der Waals surface area contributed by atoms with Crippen molar-refractivity contribution in [3.8, 4) is 0 Å². The molecule has 2 saturated heterocycles. The van der Waals surface area contributed by atoms with Crippen molar-refractivity contribution < 1.29 is 4.79 Å². The van der Waals surface area contributed by atoms with Gasteiger partial charge in [0.15, 0.2) is 0 Å². The molecule has 3 heteroatoms. The average Bonchev–Trinajstić information content (AvgIpc) is 2.90. The van der Waals surface area contributed by atoms with Crippen LogP contribution in [0.5, 0.6) is 0 Å². The molecule has 0 aromatic heterocycles. The summed E-state index contributed by atoms with van der Waals surface area (Å²) in [6.45, 7) is 7.90. The summed E-state index contributed by atoms with van der Waals surface area (Å²) < 4.78 is 0. The van der Waals surface area contributed by atoms with Gasteiger partial charge in [0.05, 0.1) is 0 Å². The van der Waals surface area contributed by atoms with E-state index in [1.54, 1.807) is 0 Å². The van der Waals surface area contributed by atoms with Crippen LogP contribution in [-0.4, -0.2) is 41.4 Å². The number of carbonyl (C=O) groups is 1. The van der Waals surface area contributed by atoms with E-state index in [1.807, 2.05) is 6.08 Å². The van der Waals surface area contributed by atoms with E-state index in [1.165, 1.54) is 5.56 Å². The second-order valence-corrected chi connectivity index (χ2v) is 6.24. The van der Waals surface area contributed by atoms with E-state index in [0.29, 0.717) is 24.3 Å². The maximum Gasteiger partial charge on any atom is 0.223 e. The van der Waals surface area contributed by atoms with Gasteiger partial charge in [-0.3, -0.25) is 9.69 Å². The summed E-state index contributed by atoms with van der Waals surface area (Å²) in [5.41, 5.74) is 1.37. The number of hydrogen-bond acceptors (Lipinski definition) is 2. The number of hydrogen-bond donors (Lipinski definition) is 0. The van der Waals surface area contributed by atoms with Crippen LogP contribution in [0, 0.1) is 5.92 Å². The third-order valence-electron chi connectivity index (χ3n) is 4.77. The first-order valence-corrected chi connectivity index (χ1v) is 7.94. The highest BCUT2D eigenvalue weighted by Gasteiger charge is 2.34. The monoisotopic (exact) mass is 284 g/mol. The first-order chi connectivity index (χ1) is 10.3. The Hall–Kier alpha value is -1.61. The summed E-state index contributed by atoms with van der Waals surface area (Å²) in [6, 6.07) is 11.1. The van der Waals surface area contributed by atoms with E-state index in [9.17, 15) is 4.79 Å². The number of piperidine rings is 1. The summed E-state index contributed by atoms with van der Waals surface area (Å²) in [4.78, 5) is 16.7. The van der Waals surface area contributed by atoms with E-state index in [4.69, 9.17) is 0 Å². The molecule has 0 radical (unpaired) electrons. The normalized spacial score (nSPS) is 24.5. The zero-order chi connectivity index (χ0) is 14.7. The molecule has 0 N–H and O–H groups in total. The van der Waals surface area contributed by atoms with Crippen molar-refractivity contribution >= 4 is 5.91 Å². The van der Waals surface area contributed by atoms with E-state index in [-0.39, 0.29) is 0 Å². The minimum atomic E-state index is 0.321. The molecule has 1 unspecified atom stereocenters. The lowest BCUT2D eigenvalue weighted by molar-refractivity contribution is -0.130. The van der Waals surface area contributed by atoms with Crippen molar-refractivity contribution in [3.05, 3.63) is 48.6 Å². The van der Waals surface area contributed by atoms with Crippen molar-refractivity contribution in [2.75, 3.05) is 19.6 Å². The Kier molecular flexibility index (Phi) is 4.39. The SMILES string of the molecule is C=CC1CC(=O)N(C2CCN(Cc3ccccc3)CC2)C1. The van der Waals surface area contributed by atoms with Crippen LogP contribution in [0.1, 0.15) is 24.8 Å². The molecule has 0 saturated carbocycles. The van der Waals surface area contributed by atoms with Crippen LogP contribution in [0.2, 0.25) is 0 Å². The summed E-state index contributed by atoms with van der Waals surface area (Å²) >= 11 is 0. The summed E-state index contributed by atoms with van der Waals surface area (Å²) in [6.07, 6.45) is 4.79. The molecule has 2 aliphatic rings. The molecule has 1 atom stereocenters. The maximum absolute atomic E-state index is 12.1. The largest absolute Gasteiger partial charge is 0.339 e. The first-order valence-electron chi connectivity index (χ1n) is 7.94.